The quantitative estimate of drug-likeness (QED) is 0.808. The smallest absolute Gasteiger partial charge is 0.219 e. The van der Waals surface area contributed by atoms with Gasteiger partial charge in [0.05, 0.1) is 0 Å². The number of piperazine rings is 1. The molecule has 0 spiro atoms. The summed E-state index contributed by atoms with van der Waals surface area (Å²) >= 11 is 11.5. The topological polar surface area (TPSA) is 35.6 Å². The minimum Gasteiger partial charge on any atom is -0.345 e. The summed E-state index contributed by atoms with van der Waals surface area (Å²) in [6.45, 7) is 6.50. The van der Waals surface area contributed by atoms with Crippen LogP contribution in [0.1, 0.15) is 12.5 Å². The van der Waals surface area contributed by atoms with Crippen molar-refractivity contribution in [1.29, 1.82) is 0 Å². The summed E-state index contributed by atoms with van der Waals surface area (Å²) in [6, 6.07) is 5.71. The molecular weight excluding hydrogens is 294 g/mol. The fraction of sp³-hybridized carbons (Fsp3) is 0.429. The first kappa shape index (κ1) is 15.1. The van der Waals surface area contributed by atoms with Crippen LogP contribution in [0.5, 0.6) is 0 Å². The molecule has 4 nitrogen and oxygen atoms in total. The number of carbonyl (C=O) groups excluding carboxylic acids is 1. The van der Waals surface area contributed by atoms with E-state index >= 15 is 0 Å². The van der Waals surface area contributed by atoms with E-state index in [2.05, 4.69) is 10.2 Å². The normalized spacial score (nSPS) is 15.2. The first-order chi connectivity index (χ1) is 9.49. The third-order valence-corrected chi connectivity index (χ3v) is 4.29. The van der Waals surface area contributed by atoms with E-state index < -0.39 is 0 Å². The molecule has 1 saturated heterocycles. The van der Waals surface area contributed by atoms with Crippen LogP contribution in [-0.4, -0.2) is 47.0 Å². The number of halogens is 1. The van der Waals surface area contributed by atoms with E-state index in [0.717, 1.165) is 29.4 Å². The highest BCUT2D eigenvalue weighted by molar-refractivity contribution is 7.80. The molecule has 20 heavy (non-hydrogen) atoms. The molecule has 1 aliphatic rings. The van der Waals surface area contributed by atoms with E-state index in [-0.39, 0.29) is 5.91 Å². The van der Waals surface area contributed by atoms with E-state index in [1.165, 1.54) is 0 Å². The van der Waals surface area contributed by atoms with Gasteiger partial charge in [-0.05, 0) is 36.8 Å². The van der Waals surface area contributed by atoms with Gasteiger partial charge in [-0.15, -0.1) is 0 Å². The lowest BCUT2D eigenvalue weighted by molar-refractivity contribution is -0.130. The molecule has 0 unspecified atom stereocenters. The first-order valence-corrected chi connectivity index (χ1v) is 7.34. The number of hydrogen-bond acceptors (Lipinski definition) is 2. The fourth-order valence-electron chi connectivity index (χ4n) is 2.16. The summed E-state index contributed by atoms with van der Waals surface area (Å²) in [5, 5.41) is 4.63. The Bertz CT molecular complexity index is 527. The molecule has 0 aliphatic carbocycles. The maximum Gasteiger partial charge on any atom is 0.219 e. The third kappa shape index (κ3) is 3.41. The second kappa shape index (κ2) is 6.41. The van der Waals surface area contributed by atoms with E-state index in [0.29, 0.717) is 18.2 Å². The molecule has 1 fully saturated rings. The van der Waals surface area contributed by atoms with Crippen LogP contribution in [0.4, 0.5) is 5.69 Å². The van der Waals surface area contributed by atoms with Crippen LogP contribution in [0.15, 0.2) is 18.2 Å². The zero-order valence-corrected chi connectivity index (χ0v) is 13.2. The maximum atomic E-state index is 11.3. The highest BCUT2D eigenvalue weighted by Crippen LogP contribution is 2.23. The molecule has 1 N–H and O–H groups in total. The largest absolute Gasteiger partial charge is 0.345 e. The van der Waals surface area contributed by atoms with Gasteiger partial charge in [-0.3, -0.25) is 4.79 Å². The van der Waals surface area contributed by atoms with Crippen molar-refractivity contribution in [3.63, 3.8) is 0 Å². The Morgan fingerprint density at radius 3 is 2.45 bits per heavy atom. The van der Waals surface area contributed by atoms with Crippen molar-refractivity contribution in [2.75, 3.05) is 31.5 Å². The number of benzene rings is 1. The summed E-state index contributed by atoms with van der Waals surface area (Å²) in [4.78, 5) is 15.2. The predicted molar refractivity (Wildman–Crippen MR) is 86.2 cm³/mol. The molecule has 0 saturated carbocycles. The highest BCUT2D eigenvalue weighted by atomic mass is 35.5. The summed E-state index contributed by atoms with van der Waals surface area (Å²) < 4.78 is 0. The number of nitrogens with zero attached hydrogens (tertiary/aromatic N) is 2. The van der Waals surface area contributed by atoms with Gasteiger partial charge in [0.2, 0.25) is 5.91 Å². The average molecular weight is 312 g/mol. The van der Waals surface area contributed by atoms with Gasteiger partial charge in [-0.1, -0.05) is 17.7 Å². The lowest BCUT2D eigenvalue weighted by Gasteiger charge is -2.35. The Balaban J connectivity index is 1.96. The molecule has 1 aromatic carbocycles. The van der Waals surface area contributed by atoms with Gasteiger partial charge in [0.15, 0.2) is 5.11 Å². The van der Waals surface area contributed by atoms with Crippen molar-refractivity contribution < 1.29 is 4.79 Å². The SMILES string of the molecule is CC(=O)N1CCN(C(=S)Nc2cccc(Cl)c2C)CC1. The Hall–Kier alpha value is -1.33. The zero-order valence-electron chi connectivity index (χ0n) is 11.6. The van der Waals surface area contributed by atoms with Crippen molar-refractivity contribution in [2.24, 2.45) is 0 Å². The lowest BCUT2D eigenvalue weighted by atomic mass is 10.2. The standard InChI is InChI=1S/C14H18ClN3OS/c1-10-12(15)4-3-5-13(10)16-14(20)18-8-6-17(7-9-18)11(2)19/h3-5H,6-9H2,1-2H3,(H,16,20). The molecule has 0 bridgehead atoms. The number of thiocarbonyl (C=S) groups is 1. The minimum atomic E-state index is 0.120. The van der Waals surface area contributed by atoms with Gasteiger partial charge in [-0.2, -0.15) is 0 Å². The number of nitrogens with one attached hydrogen (secondary N) is 1. The Kier molecular flexibility index (Phi) is 4.83. The van der Waals surface area contributed by atoms with Crippen molar-refractivity contribution >= 4 is 40.5 Å². The van der Waals surface area contributed by atoms with Crippen LogP contribution in [0.2, 0.25) is 5.02 Å². The van der Waals surface area contributed by atoms with Crippen LogP contribution in [0, 0.1) is 6.92 Å². The molecule has 0 atom stereocenters. The number of amides is 1. The summed E-state index contributed by atoms with van der Waals surface area (Å²) in [5.74, 6) is 0.120. The molecule has 0 radical (unpaired) electrons. The van der Waals surface area contributed by atoms with Crippen LogP contribution in [0.3, 0.4) is 0 Å². The van der Waals surface area contributed by atoms with Gasteiger partial charge in [0.25, 0.3) is 0 Å². The van der Waals surface area contributed by atoms with Crippen molar-refractivity contribution in [3.8, 4) is 0 Å². The molecule has 6 heteroatoms. The van der Waals surface area contributed by atoms with E-state index in [1.54, 1.807) is 6.92 Å². The third-order valence-electron chi connectivity index (χ3n) is 3.52. The minimum absolute atomic E-state index is 0.120. The van der Waals surface area contributed by atoms with Crippen LogP contribution < -0.4 is 5.32 Å². The molecule has 0 aromatic heterocycles. The van der Waals surface area contributed by atoms with Gasteiger partial charge in [0, 0.05) is 43.8 Å². The van der Waals surface area contributed by atoms with Crippen LogP contribution in [0.25, 0.3) is 0 Å². The summed E-state index contributed by atoms with van der Waals surface area (Å²) in [7, 11) is 0. The van der Waals surface area contributed by atoms with Crippen molar-refractivity contribution in [3.05, 3.63) is 28.8 Å². The Morgan fingerprint density at radius 1 is 1.25 bits per heavy atom. The fourth-order valence-corrected chi connectivity index (χ4v) is 2.63. The van der Waals surface area contributed by atoms with Gasteiger partial charge in [-0.25, -0.2) is 0 Å². The second-order valence-corrected chi connectivity index (χ2v) is 5.63. The van der Waals surface area contributed by atoms with E-state index in [4.69, 9.17) is 23.8 Å². The molecule has 1 heterocycles. The average Bonchev–Trinajstić information content (AvgIpc) is 2.44. The van der Waals surface area contributed by atoms with Crippen LogP contribution >= 0.6 is 23.8 Å². The molecule has 1 amide bonds. The molecule has 2 rings (SSSR count). The molecule has 108 valence electrons. The van der Waals surface area contributed by atoms with Crippen molar-refractivity contribution in [1.82, 2.24) is 9.80 Å². The Labute approximate surface area is 129 Å². The molecular formula is C14H18ClN3OS. The molecule has 1 aliphatic heterocycles. The lowest BCUT2D eigenvalue weighted by Crippen LogP contribution is -2.51. The van der Waals surface area contributed by atoms with Gasteiger partial charge in [0.1, 0.15) is 0 Å². The number of anilines is 1. The van der Waals surface area contributed by atoms with Gasteiger partial charge >= 0.3 is 0 Å². The van der Waals surface area contributed by atoms with Crippen LogP contribution in [-0.2, 0) is 4.79 Å². The van der Waals surface area contributed by atoms with E-state index in [9.17, 15) is 4.79 Å². The number of hydrogen-bond donors (Lipinski definition) is 1. The zero-order chi connectivity index (χ0) is 14.7. The van der Waals surface area contributed by atoms with Crippen molar-refractivity contribution in [2.45, 2.75) is 13.8 Å². The maximum absolute atomic E-state index is 11.3. The summed E-state index contributed by atoms with van der Waals surface area (Å²) in [5.41, 5.74) is 1.91. The van der Waals surface area contributed by atoms with E-state index in [1.807, 2.05) is 30.0 Å². The monoisotopic (exact) mass is 311 g/mol. The Morgan fingerprint density at radius 2 is 1.85 bits per heavy atom. The summed E-state index contributed by atoms with van der Waals surface area (Å²) in [6.07, 6.45) is 0. The number of rotatable bonds is 1. The first-order valence-electron chi connectivity index (χ1n) is 6.55. The number of carbonyl (C=O) groups is 1. The highest BCUT2D eigenvalue weighted by Gasteiger charge is 2.20. The molecule has 1 aromatic rings. The predicted octanol–water partition coefficient (Wildman–Crippen LogP) is 2.51. The van der Waals surface area contributed by atoms with Gasteiger partial charge < -0.3 is 15.1 Å². The second-order valence-electron chi connectivity index (χ2n) is 4.84.